The fraction of sp³-hybridized carbons (Fsp3) is 0.714. The first-order valence-electron chi connectivity index (χ1n) is 7.32. The van der Waals surface area contributed by atoms with Crippen LogP contribution < -0.4 is 16.8 Å². The van der Waals surface area contributed by atoms with Crippen LogP contribution in [0, 0.1) is 5.92 Å². The molecule has 7 heteroatoms. The number of nitrogens with zero attached hydrogens (tertiary/aromatic N) is 2. The Kier molecular flexibility index (Phi) is 4.73. The van der Waals surface area contributed by atoms with Crippen LogP contribution in [0.15, 0.2) is 0 Å². The van der Waals surface area contributed by atoms with Crippen molar-refractivity contribution in [1.82, 2.24) is 9.27 Å². The van der Waals surface area contributed by atoms with Gasteiger partial charge in [-0.05, 0) is 44.4 Å². The van der Waals surface area contributed by atoms with Crippen molar-refractivity contribution in [2.24, 2.45) is 11.7 Å². The molecule has 1 heterocycles. The van der Waals surface area contributed by atoms with E-state index in [1.54, 1.807) is 0 Å². The summed E-state index contributed by atoms with van der Waals surface area (Å²) < 4.78 is 4.03. The van der Waals surface area contributed by atoms with Gasteiger partial charge in [0.15, 0.2) is 5.82 Å². The monoisotopic (exact) mass is 311 g/mol. The summed E-state index contributed by atoms with van der Waals surface area (Å²) in [6.07, 6.45) is 4.81. The summed E-state index contributed by atoms with van der Waals surface area (Å²) in [5.41, 5.74) is 11.5. The number of primary amides is 1. The lowest BCUT2D eigenvalue weighted by Crippen LogP contribution is -2.52. The van der Waals surface area contributed by atoms with Crippen molar-refractivity contribution in [3.63, 3.8) is 0 Å². The molecule has 1 fully saturated rings. The van der Waals surface area contributed by atoms with Crippen molar-refractivity contribution in [3.8, 4) is 0 Å². The predicted octanol–water partition coefficient (Wildman–Crippen LogP) is 1.75. The molecule has 0 aromatic carbocycles. The number of hydrogen-bond acceptors (Lipinski definition) is 6. The number of likely N-dealkylation sites (N-methyl/N-ethyl adjacent to an activating group) is 1. The molecule has 6 nitrogen and oxygen atoms in total. The van der Waals surface area contributed by atoms with Gasteiger partial charge >= 0.3 is 0 Å². The molecular formula is C14H25N5OS. The third-order valence-electron chi connectivity index (χ3n) is 4.56. The van der Waals surface area contributed by atoms with E-state index < -0.39 is 5.91 Å². The lowest BCUT2D eigenvalue weighted by molar-refractivity contribution is 0.0882. The summed E-state index contributed by atoms with van der Waals surface area (Å²) in [6.45, 7) is 3.07. The van der Waals surface area contributed by atoms with Crippen LogP contribution in [0.25, 0.3) is 0 Å². The highest BCUT2D eigenvalue weighted by molar-refractivity contribution is 7.11. The maximum absolute atomic E-state index is 11.5. The van der Waals surface area contributed by atoms with Crippen LogP contribution in [0.4, 0.5) is 10.8 Å². The highest BCUT2D eigenvalue weighted by atomic mass is 32.1. The maximum atomic E-state index is 11.5. The molecule has 118 valence electrons. The molecule has 0 spiro atoms. The summed E-state index contributed by atoms with van der Waals surface area (Å²) in [4.78, 5) is 13.8. The normalized spacial score (nSPS) is 26.0. The fourth-order valence-corrected chi connectivity index (χ4v) is 3.98. The van der Waals surface area contributed by atoms with E-state index in [0.717, 1.165) is 19.4 Å². The summed E-state index contributed by atoms with van der Waals surface area (Å²) in [5.74, 6) is 0.399. The van der Waals surface area contributed by atoms with E-state index in [2.05, 4.69) is 35.6 Å². The van der Waals surface area contributed by atoms with Gasteiger partial charge in [-0.3, -0.25) is 4.79 Å². The highest BCUT2D eigenvalue weighted by Crippen LogP contribution is 2.36. The summed E-state index contributed by atoms with van der Waals surface area (Å²) in [6, 6.07) is 0. The lowest BCUT2D eigenvalue weighted by atomic mass is 9.75. The van der Waals surface area contributed by atoms with Gasteiger partial charge in [0.05, 0.1) is 0 Å². The van der Waals surface area contributed by atoms with Gasteiger partial charge in [0, 0.05) is 12.1 Å². The topological polar surface area (TPSA) is 97.3 Å². The second-order valence-corrected chi connectivity index (χ2v) is 7.08. The van der Waals surface area contributed by atoms with E-state index >= 15 is 0 Å². The quantitative estimate of drug-likeness (QED) is 0.769. The minimum absolute atomic E-state index is 0.103. The molecule has 2 rings (SSSR count). The molecule has 5 N–H and O–H groups in total. The Balaban J connectivity index is 2.15. The molecule has 0 bridgehead atoms. The van der Waals surface area contributed by atoms with Gasteiger partial charge in [-0.1, -0.05) is 19.8 Å². The Bertz CT molecular complexity index is 515. The minimum Gasteiger partial charge on any atom is -0.382 e. The van der Waals surface area contributed by atoms with Crippen LogP contribution in [0.2, 0.25) is 0 Å². The van der Waals surface area contributed by atoms with Crippen molar-refractivity contribution < 1.29 is 4.79 Å². The van der Waals surface area contributed by atoms with Gasteiger partial charge in [-0.2, -0.15) is 4.37 Å². The van der Waals surface area contributed by atoms with E-state index in [-0.39, 0.29) is 11.4 Å². The third kappa shape index (κ3) is 3.29. The molecule has 1 aliphatic carbocycles. The smallest absolute Gasteiger partial charge is 0.255 e. The van der Waals surface area contributed by atoms with E-state index in [1.807, 2.05) is 0 Å². The van der Waals surface area contributed by atoms with Gasteiger partial charge in [0.1, 0.15) is 10.6 Å². The first-order valence-corrected chi connectivity index (χ1v) is 8.09. The second kappa shape index (κ2) is 6.19. The molecule has 1 aliphatic rings. The molecule has 2 atom stereocenters. The lowest BCUT2D eigenvalue weighted by Gasteiger charge is -2.45. The number of amides is 1. The largest absolute Gasteiger partial charge is 0.382 e. The Morgan fingerprint density at radius 2 is 2.29 bits per heavy atom. The summed E-state index contributed by atoms with van der Waals surface area (Å²) in [5, 5.41) is 4.04. The molecule has 1 aromatic rings. The molecule has 21 heavy (non-hydrogen) atoms. The van der Waals surface area contributed by atoms with Crippen LogP contribution in [-0.2, 0) is 0 Å². The van der Waals surface area contributed by atoms with Crippen molar-refractivity contribution in [1.29, 1.82) is 0 Å². The molecule has 1 saturated carbocycles. The Labute approximate surface area is 130 Å². The van der Waals surface area contributed by atoms with E-state index in [0.29, 0.717) is 16.5 Å². The minimum atomic E-state index is -0.528. The third-order valence-corrected chi connectivity index (χ3v) is 5.38. The molecule has 0 radical (unpaired) electrons. The van der Waals surface area contributed by atoms with Gasteiger partial charge in [0.25, 0.3) is 5.91 Å². The molecular weight excluding hydrogens is 286 g/mol. The average Bonchev–Trinajstić information content (AvgIpc) is 2.77. The van der Waals surface area contributed by atoms with E-state index in [1.165, 1.54) is 24.4 Å². The number of nitrogen functional groups attached to an aromatic ring is 1. The zero-order valence-electron chi connectivity index (χ0n) is 13.0. The van der Waals surface area contributed by atoms with Gasteiger partial charge < -0.3 is 21.7 Å². The predicted molar refractivity (Wildman–Crippen MR) is 87.6 cm³/mol. The van der Waals surface area contributed by atoms with E-state index in [9.17, 15) is 4.79 Å². The Morgan fingerprint density at radius 3 is 2.86 bits per heavy atom. The van der Waals surface area contributed by atoms with Crippen LogP contribution in [0.3, 0.4) is 0 Å². The average molecular weight is 311 g/mol. The SMILES string of the molecule is CC1CCCC(CNc2snc(N)c2C(N)=O)(N(C)C)C1. The van der Waals surface area contributed by atoms with Crippen LogP contribution >= 0.6 is 11.5 Å². The number of carbonyl (C=O) groups excluding carboxylic acids is 1. The fourth-order valence-electron chi connectivity index (χ4n) is 3.26. The zero-order chi connectivity index (χ0) is 15.6. The van der Waals surface area contributed by atoms with E-state index in [4.69, 9.17) is 11.5 Å². The number of nitrogens with two attached hydrogens (primary N) is 2. The molecule has 1 amide bonds. The van der Waals surface area contributed by atoms with Gasteiger partial charge in [-0.15, -0.1) is 0 Å². The standard InChI is InChI=1S/C14H25N5OS/c1-9-5-4-6-14(7-9,19(2)3)8-17-13-10(12(16)20)11(15)18-21-13/h9,17H,4-8H2,1-3H3,(H2,15,18)(H2,16,20). The van der Waals surface area contributed by atoms with Crippen molar-refractivity contribution in [3.05, 3.63) is 5.56 Å². The molecule has 0 aliphatic heterocycles. The first-order chi connectivity index (χ1) is 9.85. The van der Waals surface area contributed by atoms with Crippen LogP contribution in [0.1, 0.15) is 43.0 Å². The number of hydrogen-bond donors (Lipinski definition) is 3. The van der Waals surface area contributed by atoms with Crippen LogP contribution in [-0.4, -0.2) is 41.4 Å². The Hall–Kier alpha value is -1.34. The van der Waals surface area contributed by atoms with Crippen molar-refractivity contribution in [2.75, 3.05) is 31.7 Å². The summed E-state index contributed by atoms with van der Waals surface area (Å²) >= 11 is 1.20. The Morgan fingerprint density at radius 1 is 1.57 bits per heavy atom. The van der Waals surface area contributed by atoms with Gasteiger partial charge in [-0.25, -0.2) is 0 Å². The maximum Gasteiger partial charge on any atom is 0.255 e. The molecule has 0 saturated heterocycles. The first kappa shape index (κ1) is 16.0. The summed E-state index contributed by atoms with van der Waals surface area (Å²) in [7, 11) is 4.24. The number of aromatic nitrogens is 1. The van der Waals surface area contributed by atoms with Crippen molar-refractivity contribution >= 4 is 28.3 Å². The number of anilines is 2. The molecule has 1 aromatic heterocycles. The van der Waals surface area contributed by atoms with Crippen LogP contribution in [0.5, 0.6) is 0 Å². The van der Waals surface area contributed by atoms with Crippen molar-refractivity contribution in [2.45, 2.75) is 38.1 Å². The number of rotatable bonds is 5. The molecule has 2 unspecified atom stereocenters. The van der Waals surface area contributed by atoms with Gasteiger partial charge in [0.2, 0.25) is 0 Å². The second-order valence-electron chi connectivity index (χ2n) is 6.31. The zero-order valence-corrected chi connectivity index (χ0v) is 13.8. The highest BCUT2D eigenvalue weighted by Gasteiger charge is 2.37. The number of nitrogens with one attached hydrogen (secondary N) is 1. The number of carbonyl (C=O) groups is 1.